The first kappa shape index (κ1) is 22.5. The van der Waals surface area contributed by atoms with Crippen LogP contribution in [0.2, 0.25) is 5.02 Å². The summed E-state index contributed by atoms with van der Waals surface area (Å²) in [6.45, 7) is 1.42. The molecule has 0 saturated carbocycles. The lowest BCUT2D eigenvalue weighted by Crippen LogP contribution is -2.38. The van der Waals surface area contributed by atoms with Crippen molar-refractivity contribution in [3.05, 3.63) is 59.1 Å². The molecule has 2 rings (SSSR count). The molecule has 0 bridgehead atoms. The molecule has 0 radical (unpaired) electrons. The van der Waals surface area contributed by atoms with Gasteiger partial charge in [0.25, 0.3) is 0 Å². The number of carbonyl (C=O) groups is 2. The molecule has 0 aliphatic heterocycles. The van der Waals surface area contributed by atoms with Gasteiger partial charge in [0, 0.05) is 33.7 Å². The number of nitrogens with zero attached hydrogens (tertiary/aromatic N) is 1. The van der Waals surface area contributed by atoms with Crippen LogP contribution in [0.5, 0.6) is 5.75 Å². The molecule has 0 heterocycles. The van der Waals surface area contributed by atoms with Gasteiger partial charge in [-0.1, -0.05) is 48.0 Å². The summed E-state index contributed by atoms with van der Waals surface area (Å²) in [6.07, 6.45) is 0.120. The highest BCUT2D eigenvalue weighted by molar-refractivity contribution is 6.32. The van der Waals surface area contributed by atoms with Gasteiger partial charge in [0.15, 0.2) is 5.75 Å². The molecule has 0 fully saturated rings. The third-order valence-corrected chi connectivity index (χ3v) is 4.31. The molecule has 0 saturated heterocycles. The maximum absolute atomic E-state index is 12.2. The molecule has 7 nitrogen and oxygen atoms in total. The van der Waals surface area contributed by atoms with E-state index in [2.05, 4.69) is 10.6 Å². The van der Waals surface area contributed by atoms with Gasteiger partial charge in [0.05, 0.1) is 17.3 Å². The summed E-state index contributed by atoms with van der Waals surface area (Å²) >= 11 is 6.16. The van der Waals surface area contributed by atoms with Gasteiger partial charge < -0.3 is 25.0 Å². The van der Waals surface area contributed by atoms with E-state index in [-0.39, 0.29) is 24.9 Å². The van der Waals surface area contributed by atoms with Crippen LogP contribution in [-0.2, 0) is 16.1 Å². The van der Waals surface area contributed by atoms with Crippen LogP contribution in [-0.4, -0.2) is 50.8 Å². The van der Waals surface area contributed by atoms with E-state index in [0.29, 0.717) is 36.2 Å². The zero-order valence-corrected chi connectivity index (χ0v) is 17.4. The smallest absolute Gasteiger partial charge is 0.317 e. The van der Waals surface area contributed by atoms with Gasteiger partial charge >= 0.3 is 6.03 Å². The number of benzene rings is 2. The number of anilines is 1. The molecule has 0 atom stereocenters. The molecular weight excluding hydrogens is 394 g/mol. The first-order valence-corrected chi connectivity index (χ1v) is 9.62. The van der Waals surface area contributed by atoms with Crippen LogP contribution in [0.15, 0.2) is 48.5 Å². The van der Waals surface area contributed by atoms with Crippen molar-refractivity contribution in [1.29, 1.82) is 0 Å². The first-order valence-electron chi connectivity index (χ1n) is 9.24. The second-order valence-electron chi connectivity index (χ2n) is 6.33. The fraction of sp³-hybridized carbons (Fsp3) is 0.333. The molecule has 0 aliphatic rings. The van der Waals surface area contributed by atoms with Crippen LogP contribution >= 0.6 is 11.6 Å². The van der Waals surface area contributed by atoms with E-state index in [4.69, 9.17) is 21.1 Å². The maximum atomic E-state index is 12.2. The largest absolute Gasteiger partial charge is 0.487 e. The number of halogens is 1. The number of amides is 3. The highest BCUT2D eigenvalue weighted by atomic mass is 35.5. The molecule has 156 valence electrons. The number of rotatable bonds is 10. The molecule has 3 amide bonds. The number of nitrogens with one attached hydrogen (secondary N) is 2. The van der Waals surface area contributed by atoms with Crippen LogP contribution in [0.1, 0.15) is 12.0 Å². The molecule has 2 aromatic rings. The SMILES string of the molecule is COCCOc1c(Cl)cccc1NC(=O)CCNC(=O)N(C)Cc1ccccc1. The average Bonchev–Trinajstić information content (AvgIpc) is 2.70. The van der Waals surface area contributed by atoms with E-state index in [9.17, 15) is 9.59 Å². The number of ether oxygens (including phenoxy) is 2. The Kier molecular flexibility index (Phi) is 9.27. The minimum absolute atomic E-state index is 0.120. The molecule has 29 heavy (non-hydrogen) atoms. The number of para-hydroxylation sites is 1. The van der Waals surface area contributed by atoms with Crippen molar-refractivity contribution in [2.24, 2.45) is 0 Å². The van der Waals surface area contributed by atoms with Crippen LogP contribution < -0.4 is 15.4 Å². The Bertz CT molecular complexity index is 802. The van der Waals surface area contributed by atoms with Crippen molar-refractivity contribution in [3.8, 4) is 5.75 Å². The number of hydrogen-bond acceptors (Lipinski definition) is 4. The Morgan fingerprint density at radius 2 is 1.83 bits per heavy atom. The molecule has 8 heteroatoms. The number of carbonyl (C=O) groups excluding carboxylic acids is 2. The summed E-state index contributed by atoms with van der Waals surface area (Å²) in [5, 5.41) is 5.90. The predicted molar refractivity (Wildman–Crippen MR) is 113 cm³/mol. The fourth-order valence-corrected chi connectivity index (χ4v) is 2.77. The van der Waals surface area contributed by atoms with Gasteiger partial charge in [0.2, 0.25) is 5.91 Å². The second-order valence-corrected chi connectivity index (χ2v) is 6.74. The van der Waals surface area contributed by atoms with Crippen LogP contribution in [0, 0.1) is 0 Å². The zero-order chi connectivity index (χ0) is 21.1. The third-order valence-electron chi connectivity index (χ3n) is 4.01. The highest BCUT2D eigenvalue weighted by Crippen LogP contribution is 2.32. The van der Waals surface area contributed by atoms with E-state index in [1.807, 2.05) is 30.3 Å². The van der Waals surface area contributed by atoms with Crippen molar-refractivity contribution < 1.29 is 19.1 Å². The van der Waals surface area contributed by atoms with Crippen molar-refractivity contribution in [1.82, 2.24) is 10.2 Å². The second kappa shape index (κ2) is 11.9. The third kappa shape index (κ3) is 7.63. The van der Waals surface area contributed by atoms with Crippen LogP contribution in [0.3, 0.4) is 0 Å². The first-order chi connectivity index (χ1) is 14.0. The van der Waals surface area contributed by atoms with Gasteiger partial charge in [-0.25, -0.2) is 4.79 Å². The predicted octanol–water partition coefficient (Wildman–Crippen LogP) is 3.54. The minimum atomic E-state index is -0.255. The lowest BCUT2D eigenvalue weighted by atomic mass is 10.2. The maximum Gasteiger partial charge on any atom is 0.317 e. The number of methoxy groups -OCH3 is 1. The van der Waals surface area contributed by atoms with E-state index in [0.717, 1.165) is 5.56 Å². The minimum Gasteiger partial charge on any atom is -0.487 e. The highest BCUT2D eigenvalue weighted by Gasteiger charge is 2.13. The summed E-state index contributed by atoms with van der Waals surface area (Å²) < 4.78 is 10.5. The Morgan fingerprint density at radius 1 is 1.07 bits per heavy atom. The summed E-state index contributed by atoms with van der Waals surface area (Å²) in [5.74, 6) is 0.140. The summed E-state index contributed by atoms with van der Waals surface area (Å²) in [6, 6.07) is 14.6. The molecule has 0 aromatic heterocycles. The zero-order valence-electron chi connectivity index (χ0n) is 16.6. The molecule has 0 aliphatic carbocycles. The van der Waals surface area contributed by atoms with Gasteiger partial charge in [-0.05, 0) is 17.7 Å². The van der Waals surface area contributed by atoms with Crippen molar-refractivity contribution in [3.63, 3.8) is 0 Å². The van der Waals surface area contributed by atoms with Crippen LogP contribution in [0.25, 0.3) is 0 Å². The quantitative estimate of drug-likeness (QED) is 0.577. The number of urea groups is 1. The fourth-order valence-electron chi connectivity index (χ4n) is 2.54. The van der Waals surface area contributed by atoms with Gasteiger partial charge in [-0.15, -0.1) is 0 Å². The summed E-state index contributed by atoms with van der Waals surface area (Å²) in [4.78, 5) is 26.0. The Labute approximate surface area is 175 Å². The number of hydrogen-bond donors (Lipinski definition) is 2. The normalized spacial score (nSPS) is 10.3. The Morgan fingerprint density at radius 3 is 2.55 bits per heavy atom. The standard InChI is InChI=1S/C21H26ClN3O4/c1-25(15-16-7-4-3-5-8-16)21(27)23-12-11-19(26)24-18-10-6-9-17(22)20(18)29-14-13-28-2/h3-10H,11-15H2,1-2H3,(H,23,27)(H,24,26). The molecule has 0 spiro atoms. The van der Waals surface area contributed by atoms with Gasteiger partial charge in [-0.2, -0.15) is 0 Å². The average molecular weight is 420 g/mol. The molecule has 2 N–H and O–H groups in total. The molecular formula is C21H26ClN3O4. The Hall–Kier alpha value is -2.77. The van der Waals surface area contributed by atoms with Crippen molar-refractivity contribution in [2.75, 3.05) is 39.2 Å². The monoisotopic (exact) mass is 419 g/mol. The molecule has 0 unspecified atom stereocenters. The Balaban J connectivity index is 1.79. The van der Waals surface area contributed by atoms with Gasteiger partial charge in [-0.3, -0.25) is 4.79 Å². The van der Waals surface area contributed by atoms with Gasteiger partial charge in [0.1, 0.15) is 6.61 Å². The van der Waals surface area contributed by atoms with Crippen molar-refractivity contribution in [2.45, 2.75) is 13.0 Å². The van der Waals surface area contributed by atoms with Crippen molar-refractivity contribution >= 4 is 29.2 Å². The van der Waals surface area contributed by atoms with E-state index < -0.39 is 0 Å². The van der Waals surface area contributed by atoms with E-state index in [1.165, 1.54) is 0 Å². The summed E-state index contributed by atoms with van der Waals surface area (Å²) in [5.41, 5.74) is 1.51. The van der Waals surface area contributed by atoms with E-state index >= 15 is 0 Å². The lowest BCUT2D eigenvalue weighted by molar-refractivity contribution is -0.116. The molecule has 2 aromatic carbocycles. The topological polar surface area (TPSA) is 79.9 Å². The van der Waals surface area contributed by atoms with Crippen LogP contribution in [0.4, 0.5) is 10.5 Å². The lowest BCUT2D eigenvalue weighted by Gasteiger charge is -2.18. The van der Waals surface area contributed by atoms with E-state index in [1.54, 1.807) is 37.3 Å². The summed E-state index contributed by atoms with van der Waals surface area (Å²) in [7, 11) is 3.28.